The number of carbonyl (C=O) groups excluding carboxylic acids is 3. The minimum Gasteiger partial charge on any atom is -0.456 e. The lowest BCUT2D eigenvalue weighted by atomic mass is 9.88. The van der Waals surface area contributed by atoms with Gasteiger partial charge in [0, 0.05) is 28.9 Å². The summed E-state index contributed by atoms with van der Waals surface area (Å²) in [5.74, 6) is -2.70. The van der Waals surface area contributed by atoms with Gasteiger partial charge in [-0.2, -0.15) is 0 Å². The number of esters is 1. The molecule has 8 nitrogen and oxygen atoms in total. The van der Waals surface area contributed by atoms with Crippen molar-refractivity contribution in [3.05, 3.63) is 39.4 Å². The van der Waals surface area contributed by atoms with E-state index in [1.807, 2.05) is 26.0 Å². The zero-order chi connectivity index (χ0) is 20.1. The molecule has 27 heavy (non-hydrogen) atoms. The Labute approximate surface area is 157 Å². The fourth-order valence-electron chi connectivity index (χ4n) is 3.40. The van der Waals surface area contributed by atoms with Gasteiger partial charge < -0.3 is 10.1 Å². The molecule has 3 atom stereocenters. The highest BCUT2D eigenvalue weighted by Gasteiger charge is 2.44. The first-order valence-corrected chi connectivity index (χ1v) is 8.84. The van der Waals surface area contributed by atoms with Crippen molar-refractivity contribution in [3.63, 3.8) is 0 Å². The molecule has 2 rings (SSSR count). The SMILES string of the molecule is Cc1ccc(NC(=O)COC(=O)C[C@H]2C(=O)C[C@@H](C)[C@H]2C[N+](=O)[O-])cc1C. The normalized spacial score (nSPS) is 21.7. The van der Waals surface area contributed by atoms with Crippen molar-refractivity contribution in [2.24, 2.45) is 17.8 Å². The second-order valence-electron chi connectivity index (χ2n) is 7.15. The van der Waals surface area contributed by atoms with E-state index in [1.54, 1.807) is 13.0 Å². The van der Waals surface area contributed by atoms with Crippen molar-refractivity contribution >= 4 is 23.3 Å². The number of rotatable bonds is 7. The number of hydrogen-bond acceptors (Lipinski definition) is 6. The number of amides is 1. The van der Waals surface area contributed by atoms with Crippen LogP contribution in [-0.4, -0.2) is 35.7 Å². The zero-order valence-electron chi connectivity index (χ0n) is 15.7. The molecule has 1 amide bonds. The summed E-state index contributed by atoms with van der Waals surface area (Å²) in [6.45, 7) is 4.83. The number of anilines is 1. The highest BCUT2D eigenvalue weighted by molar-refractivity contribution is 5.93. The minimum absolute atomic E-state index is 0.145. The molecule has 0 saturated heterocycles. The second kappa shape index (κ2) is 8.75. The first kappa shape index (κ1) is 20.5. The quantitative estimate of drug-likeness (QED) is 0.443. The highest BCUT2D eigenvalue weighted by Crippen LogP contribution is 2.36. The standard InChI is InChI=1S/C19H24N2O6/c1-11-4-5-14(6-12(11)2)20-18(23)10-27-19(24)8-15-16(9-21(25)26)13(3)7-17(15)22/h4-6,13,15-16H,7-10H2,1-3H3,(H,20,23)/t13-,15-,16-/m1/s1. The highest BCUT2D eigenvalue weighted by atomic mass is 16.6. The number of ketones is 1. The van der Waals surface area contributed by atoms with E-state index in [2.05, 4.69) is 5.32 Å². The van der Waals surface area contributed by atoms with Gasteiger partial charge in [-0.25, -0.2) is 0 Å². The zero-order valence-corrected chi connectivity index (χ0v) is 15.7. The van der Waals surface area contributed by atoms with Gasteiger partial charge in [0.1, 0.15) is 5.78 Å². The van der Waals surface area contributed by atoms with Crippen LogP contribution in [0.1, 0.15) is 30.9 Å². The summed E-state index contributed by atoms with van der Waals surface area (Å²) < 4.78 is 4.96. The number of benzene rings is 1. The Hall–Kier alpha value is -2.77. The van der Waals surface area contributed by atoms with Crippen LogP contribution >= 0.6 is 0 Å². The largest absolute Gasteiger partial charge is 0.456 e. The average Bonchev–Trinajstić information content (AvgIpc) is 2.83. The molecule has 0 heterocycles. The van der Waals surface area contributed by atoms with Crippen LogP contribution in [0.25, 0.3) is 0 Å². The minimum atomic E-state index is -0.722. The van der Waals surface area contributed by atoms with E-state index >= 15 is 0 Å². The molecular weight excluding hydrogens is 352 g/mol. The lowest BCUT2D eigenvalue weighted by Crippen LogP contribution is -2.28. The third-order valence-corrected chi connectivity index (χ3v) is 5.09. The maximum absolute atomic E-state index is 12.0. The Kier molecular flexibility index (Phi) is 6.65. The Bertz CT molecular complexity index is 761. The maximum Gasteiger partial charge on any atom is 0.307 e. The van der Waals surface area contributed by atoms with Crippen molar-refractivity contribution in [3.8, 4) is 0 Å². The number of nitrogens with zero attached hydrogens (tertiary/aromatic N) is 1. The van der Waals surface area contributed by atoms with Gasteiger partial charge in [0.2, 0.25) is 6.54 Å². The molecule has 1 aliphatic carbocycles. The van der Waals surface area contributed by atoms with E-state index in [-0.39, 0.29) is 31.1 Å². The molecule has 0 aromatic heterocycles. The van der Waals surface area contributed by atoms with Gasteiger partial charge in [-0.1, -0.05) is 13.0 Å². The Morgan fingerprint density at radius 2 is 2.00 bits per heavy atom. The van der Waals surface area contributed by atoms with E-state index in [0.717, 1.165) is 11.1 Å². The van der Waals surface area contributed by atoms with Crippen LogP contribution in [0.15, 0.2) is 18.2 Å². The average molecular weight is 376 g/mol. The molecule has 146 valence electrons. The Morgan fingerprint density at radius 3 is 2.63 bits per heavy atom. The van der Waals surface area contributed by atoms with Gasteiger partial charge >= 0.3 is 5.97 Å². The molecule has 1 fully saturated rings. The molecule has 0 unspecified atom stereocenters. The summed E-state index contributed by atoms with van der Waals surface area (Å²) in [5, 5.41) is 13.4. The number of Topliss-reactive ketones (excluding diaryl/α,β-unsaturated/α-hetero) is 1. The van der Waals surface area contributed by atoms with Gasteiger partial charge in [0.25, 0.3) is 5.91 Å². The summed E-state index contributed by atoms with van der Waals surface area (Å²) in [6, 6.07) is 5.44. The van der Waals surface area contributed by atoms with Crippen molar-refractivity contribution in [1.29, 1.82) is 0 Å². The Morgan fingerprint density at radius 1 is 1.30 bits per heavy atom. The topological polar surface area (TPSA) is 116 Å². The van der Waals surface area contributed by atoms with Crippen LogP contribution in [0, 0.1) is 41.7 Å². The summed E-state index contributed by atoms with van der Waals surface area (Å²) >= 11 is 0. The second-order valence-corrected chi connectivity index (χ2v) is 7.15. The summed E-state index contributed by atoms with van der Waals surface area (Å²) in [5.41, 5.74) is 2.72. The molecule has 0 spiro atoms. The maximum atomic E-state index is 12.0. The molecule has 0 aliphatic heterocycles. The fraction of sp³-hybridized carbons (Fsp3) is 0.526. The molecule has 0 radical (unpaired) electrons. The van der Waals surface area contributed by atoms with Crippen LogP contribution in [-0.2, 0) is 19.1 Å². The van der Waals surface area contributed by atoms with E-state index in [9.17, 15) is 24.5 Å². The smallest absolute Gasteiger partial charge is 0.307 e. The summed E-state index contributed by atoms with van der Waals surface area (Å²) in [7, 11) is 0. The molecule has 1 aromatic rings. The number of carbonyl (C=O) groups is 3. The first-order valence-electron chi connectivity index (χ1n) is 8.84. The summed E-state index contributed by atoms with van der Waals surface area (Å²) in [4.78, 5) is 46.3. The molecule has 1 aromatic carbocycles. The number of ether oxygens (including phenoxy) is 1. The van der Waals surface area contributed by atoms with Gasteiger partial charge in [0.15, 0.2) is 6.61 Å². The molecule has 1 aliphatic rings. The van der Waals surface area contributed by atoms with Gasteiger partial charge in [0.05, 0.1) is 6.42 Å². The fourth-order valence-corrected chi connectivity index (χ4v) is 3.40. The molecule has 1 N–H and O–H groups in total. The van der Waals surface area contributed by atoms with Crippen molar-refractivity contribution in [2.45, 2.75) is 33.6 Å². The number of nitrogens with one attached hydrogen (secondary N) is 1. The van der Waals surface area contributed by atoms with Crippen molar-refractivity contribution in [1.82, 2.24) is 0 Å². The van der Waals surface area contributed by atoms with Gasteiger partial charge in [-0.05, 0) is 43.0 Å². The lowest BCUT2D eigenvalue weighted by Gasteiger charge is -2.17. The van der Waals surface area contributed by atoms with Crippen molar-refractivity contribution < 1.29 is 24.0 Å². The predicted octanol–water partition coefficient (Wildman–Crippen LogP) is 2.29. The molecule has 8 heteroatoms. The van der Waals surface area contributed by atoms with Crippen LogP contribution in [0.4, 0.5) is 5.69 Å². The van der Waals surface area contributed by atoms with Gasteiger partial charge in [-0.3, -0.25) is 24.5 Å². The van der Waals surface area contributed by atoms with E-state index in [4.69, 9.17) is 4.74 Å². The van der Waals surface area contributed by atoms with Crippen LogP contribution in [0.3, 0.4) is 0 Å². The first-order chi connectivity index (χ1) is 12.7. The van der Waals surface area contributed by atoms with E-state index in [1.165, 1.54) is 0 Å². The van der Waals surface area contributed by atoms with Crippen LogP contribution < -0.4 is 5.32 Å². The molecule has 1 saturated carbocycles. The third kappa shape index (κ3) is 5.60. The van der Waals surface area contributed by atoms with Crippen LogP contribution in [0.2, 0.25) is 0 Å². The molecular formula is C19H24N2O6. The number of hydrogen-bond donors (Lipinski definition) is 1. The summed E-state index contributed by atoms with van der Waals surface area (Å²) in [6.07, 6.45) is -0.0116. The monoisotopic (exact) mass is 376 g/mol. The third-order valence-electron chi connectivity index (χ3n) is 5.09. The molecule has 0 bridgehead atoms. The number of nitro groups is 1. The van der Waals surface area contributed by atoms with Crippen molar-refractivity contribution in [2.75, 3.05) is 18.5 Å². The van der Waals surface area contributed by atoms with E-state index in [0.29, 0.717) is 5.69 Å². The van der Waals surface area contributed by atoms with E-state index < -0.39 is 35.2 Å². The lowest BCUT2D eigenvalue weighted by molar-refractivity contribution is -0.490. The van der Waals surface area contributed by atoms with Crippen LogP contribution in [0.5, 0.6) is 0 Å². The Balaban J connectivity index is 1.85. The predicted molar refractivity (Wildman–Crippen MR) is 97.8 cm³/mol. The number of aryl methyl sites for hydroxylation is 2. The van der Waals surface area contributed by atoms with Gasteiger partial charge in [-0.15, -0.1) is 0 Å².